The summed E-state index contributed by atoms with van der Waals surface area (Å²) < 4.78 is 39.5. The molecule has 0 radical (unpaired) electrons. The molecule has 0 unspecified atom stereocenters. The van der Waals surface area contributed by atoms with E-state index in [4.69, 9.17) is 9.47 Å². The largest absolute Gasteiger partial charge is 0.463 e. The molecule has 1 fully saturated rings. The van der Waals surface area contributed by atoms with Gasteiger partial charge >= 0.3 is 5.97 Å². The molecule has 1 aliphatic rings. The third-order valence-corrected chi connectivity index (χ3v) is 5.65. The van der Waals surface area contributed by atoms with Crippen LogP contribution in [0, 0.1) is 11.6 Å². The average Bonchev–Trinajstić information content (AvgIpc) is 3.34. The molecule has 31 heavy (non-hydrogen) atoms. The first-order chi connectivity index (χ1) is 14.9. The van der Waals surface area contributed by atoms with E-state index < -0.39 is 29.1 Å². The number of amides is 1. The van der Waals surface area contributed by atoms with Gasteiger partial charge in [-0.05, 0) is 38.0 Å². The van der Waals surface area contributed by atoms with Crippen LogP contribution < -0.4 is 20.1 Å². The Bertz CT molecular complexity index is 1120. The van der Waals surface area contributed by atoms with E-state index in [-0.39, 0.29) is 34.0 Å². The van der Waals surface area contributed by atoms with Crippen LogP contribution in [0.25, 0.3) is 12.2 Å². The van der Waals surface area contributed by atoms with E-state index in [1.54, 1.807) is 6.92 Å². The lowest BCUT2D eigenvalue weighted by molar-refractivity contribution is -0.135. The number of carbonyl (C=O) groups is 2. The second-order valence-electron chi connectivity index (χ2n) is 6.81. The van der Waals surface area contributed by atoms with Crippen LogP contribution in [0.2, 0.25) is 0 Å². The smallest absolute Gasteiger partial charge is 0.333 e. The normalized spacial score (nSPS) is 17.2. The van der Waals surface area contributed by atoms with Crippen molar-refractivity contribution in [3.05, 3.63) is 54.9 Å². The third-order valence-electron chi connectivity index (χ3n) is 4.59. The Balaban J connectivity index is 1.96. The van der Waals surface area contributed by atoms with Crippen LogP contribution in [0.5, 0.6) is 0 Å². The predicted octanol–water partition coefficient (Wildman–Crippen LogP) is 0.656. The van der Waals surface area contributed by atoms with E-state index in [0.717, 1.165) is 53.0 Å². The van der Waals surface area contributed by atoms with E-state index in [9.17, 15) is 23.2 Å². The van der Waals surface area contributed by atoms with Crippen molar-refractivity contribution in [2.45, 2.75) is 32.4 Å². The van der Waals surface area contributed by atoms with E-state index in [0.29, 0.717) is 13.2 Å². The highest BCUT2D eigenvalue weighted by Gasteiger charge is 2.17. The molecular formula is C21H22F2N2O5S. The van der Waals surface area contributed by atoms with Gasteiger partial charge in [0.05, 0.1) is 23.3 Å². The number of halogens is 2. The summed E-state index contributed by atoms with van der Waals surface area (Å²) in [5.74, 6) is -2.80. The lowest BCUT2D eigenvalue weighted by atomic mass is 10.2. The van der Waals surface area contributed by atoms with Gasteiger partial charge in [0.15, 0.2) is 0 Å². The van der Waals surface area contributed by atoms with Crippen molar-refractivity contribution in [3.8, 4) is 0 Å². The molecule has 1 amide bonds. The molecule has 3 rings (SSSR count). The van der Waals surface area contributed by atoms with Crippen LogP contribution >= 0.6 is 11.3 Å². The summed E-state index contributed by atoms with van der Waals surface area (Å²) in [6.07, 6.45) is 3.85. The second-order valence-corrected chi connectivity index (χ2v) is 7.87. The van der Waals surface area contributed by atoms with Crippen LogP contribution in [0.3, 0.4) is 0 Å². The third kappa shape index (κ3) is 5.86. The zero-order valence-corrected chi connectivity index (χ0v) is 17.7. The van der Waals surface area contributed by atoms with Gasteiger partial charge in [-0.25, -0.2) is 13.6 Å². The molecule has 2 heterocycles. The van der Waals surface area contributed by atoms with Crippen molar-refractivity contribution in [1.29, 1.82) is 0 Å². The van der Waals surface area contributed by atoms with Crippen molar-refractivity contribution in [1.82, 2.24) is 9.88 Å². The lowest BCUT2D eigenvalue weighted by Gasteiger charge is -2.10. The van der Waals surface area contributed by atoms with Crippen LogP contribution in [-0.2, 0) is 25.6 Å². The van der Waals surface area contributed by atoms with Crippen molar-refractivity contribution in [3.63, 3.8) is 0 Å². The maximum atomic E-state index is 14.0. The number of hydrogen-bond donors (Lipinski definition) is 1. The van der Waals surface area contributed by atoms with E-state index in [1.165, 1.54) is 6.07 Å². The summed E-state index contributed by atoms with van der Waals surface area (Å²) in [4.78, 5) is 37.2. The van der Waals surface area contributed by atoms with Gasteiger partial charge in [0.25, 0.3) is 5.56 Å². The number of nitrogens with one attached hydrogen (secondary N) is 1. The summed E-state index contributed by atoms with van der Waals surface area (Å²) in [5.41, 5.74) is -1.02. The van der Waals surface area contributed by atoms with Crippen LogP contribution in [0.15, 0.2) is 23.0 Å². The molecule has 7 nitrogen and oxygen atoms in total. The number of carbonyl (C=O) groups excluding carboxylic acids is 2. The monoisotopic (exact) mass is 452 g/mol. The van der Waals surface area contributed by atoms with Crippen molar-refractivity contribution in [2.24, 2.45) is 0 Å². The fourth-order valence-electron chi connectivity index (χ4n) is 3.09. The zero-order chi connectivity index (χ0) is 22.4. The van der Waals surface area contributed by atoms with Gasteiger partial charge in [0, 0.05) is 18.7 Å². The Labute approximate surface area is 180 Å². The van der Waals surface area contributed by atoms with Crippen LogP contribution in [0.4, 0.5) is 8.78 Å². The highest BCUT2D eigenvalue weighted by molar-refractivity contribution is 7.07. The fraction of sp³-hybridized carbons (Fsp3) is 0.381. The maximum absolute atomic E-state index is 14.0. The fourth-order valence-corrected chi connectivity index (χ4v) is 4.10. The minimum atomic E-state index is -0.829. The Kier molecular flexibility index (Phi) is 7.69. The molecule has 1 aliphatic heterocycles. The topological polar surface area (TPSA) is 86.6 Å². The van der Waals surface area contributed by atoms with E-state index >= 15 is 0 Å². The maximum Gasteiger partial charge on any atom is 0.333 e. The Hall–Kier alpha value is -2.85. The number of thiazole rings is 1. The Morgan fingerprint density at radius 2 is 2.10 bits per heavy atom. The molecule has 0 spiro atoms. The number of nitrogens with zero attached hydrogens (tertiary/aromatic N) is 1. The number of hydrogen-bond acceptors (Lipinski definition) is 6. The first-order valence-corrected chi connectivity index (χ1v) is 10.6. The van der Waals surface area contributed by atoms with E-state index in [2.05, 4.69) is 5.32 Å². The SMILES string of the molecule is CCOC(=O)/C=c1\s/c(=C\c2c(F)cccc2F)c(=O)n1CC(=O)NC[C@H]1CCCO1. The molecule has 166 valence electrons. The molecule has 0 bridgehead atoms. The van der Waals surface area contributed by atoms with Gasteiger partial charge in [-0.1, -0.05) is 6.07 Å². The minimum absolute atomic E-state index is 0.0218. The van der Waals surface area contributed by atoms with Crippen molar-refractivity contribution >= 4 is 35.4 Å². The van der Waals surface area contributed by atoms with Crippen molar-refractivity contribution in [2.75, 3.05) is 19.8 Å². The van der Waals surface area contributed by atoms with Gasteiger partial charge in [0.1, 0.15) is 22.8 Å². The van der Waals surface area contributed by atoms with Crippen molar-refractivity contribution < 1.29 is 27.8 Å². The van der Waals surface area contributed by atoms with Gasteiger partial charge in [-0.3, -0.25) is 14.2 Å². The summed E-state index contributed by atoms with van der Waals surface area (Å²) in [7, 11) is 0. The first-order valence-electron chi connectivity index (χ1n) is 9.81. The summed E-state index contributed by atoms with van der Waals surface area (Å²) in [6.45, 7) is 2.36. The molecule has 10 heteroatoms. The Morgan fingerprint density at radius 1 is 1.35 bits per heavy atom. The van der Waals surface area contributed by atoms with E-state index in [1.807, 2.05) is 0 Å². The number of ether oxygens (including phenoxy) is 2. The standard InChI is InChI=1S/C21H22F2N2O5S/c1-2-29-20(27)10-19-25(12-18(26)24-11-13-5-4-8-30-13)21(28)17(31-19)9-14-15(22)6-3-7-16(14)23/h3,6-7,9-10,13H,2,4-5,8,11-12H2,1H3,(H,24,26)/b17-9-,19-10-/t13-/m1/s1. The molecule has 1 aromatic heterocycles. The second kappa shape index (κ2) is 10.5. The molecule has 1 N–H and O–H groups in total. The number of rotatable bonds is 7. The summed E-state index contributed by atoms with van der Waals surface area (Å²) in [6, 6.07) is 3.36. The lowest BCUT2D eigenvalue weighted by Crippen LogP contribution is -2.40. The zero-order valence-electron chi connectivity index (χ0n) is 16.9. The van der Waals surface area contributed by atoms with Gasteiger partial charge < -0.3 is 14.8 Å². The predicted molar refractivity (Wildman–Crippen MR) is 111 cm³/mol. The van der Waals surface area contributed by atoms with Gasteiger partial charge in [-0.2, -0.15) is 0 Å². The number of benzene rings is 1. The average molecular weight is 452 g/mol. The highest BCUT2D eigenvalue weighted by Crippen LogP contribution is 2.12. The number of esters is 1. The molecule has 1 atom stereocenters. The molecule has 0 aliphatic carbocycles. The van der Waals surface area contributed by atoms with Crippen LogP contribution in [-0.4, -0.2) is 42.3 Å². The molecule has 1 saturated heterocycles. The van der Waals surface area contributed by atoms with Gasteiger partial charge in [0.2, 0.25) is 5.91 Å². The minimum Gasteiger partial charge on any atom is -0.463 e. The molecule has 2 aromatic rings. The molecule has 1 aromatic carbocycles. The van der Waals surface area contributed by atoms with Gasteiger partial charge in [-0.15, -0.1) is 11.3 Å². The Morgan fingerprint density at radius 3 is 2.74 bits per heavy atom. The number of aromatic nitrogens is 1. The summed E-state index contributed by atoms with van der Waals surface area (Å²) >= 11 is 0.838. The first kappa shape index (κ1) is 22.8. The van der Waals surface area contributed by atoms with Crippen LogP contribution in [0.1, 0.15) is 25.3 Å². The summed E-state index contributed by atoms with van der Waals surface area (Å²) in [5, 5.41) is 2.70. The highest BCUT2D eigenvalue weighted by atomic mass is 32.1. The molecule has 0 saturated carbocycles. The molecular weight excluding hydrogens is 430 g/mol. The quantitative estimate of drug-likeness (QED) is 0.624.